The quantitative estimate of drug-likeness (QED) is 0.438. The first-order chi connectivity index (χ1) is 16.7. The molecule has 2 aromatic rings. The van der Waals surface area contributed by atoms with Gasteiger partial charge in [-0.2, -0.15) is 0 Å². The molecule has 1 atom stereocenters. The van der Waals surface area contributed by atoms with Crippen LogP contribution in [0.5, 0.6) is 0 Å². The average Bonchev–Trinajstić information content (AvgIpc) is 2.80. The van der Waals surface area contributed by atoms with Crippen LogP contribution in [0.3, 0.4) is 0 Å². The zero-order valence-electron chi connectivity index (χ0n) is 20.4. The number of hydrogen-bond acceptors (Lipinski definition) is 4. The number of carbonyl (C=O) groups is 3. The molecule has 1 aliphatic rings. The molecule has 0 saturated heterocycles. The number of anilines is 2. The summed E-state index contributed by atoms with van der Waals surface area (Å²) in [5.74, 6) is -0.753. The number of carbonyl (C=O) groups excluding carboxylic acids is 3. The lowest BCUT2D eigenvalue weighted by atomic mass is 9.94. The van der Waals surface area contributed by atoms with Gasteiger partial charge in [-0.3, -0.25) is 4.90 Å². The number of urea groups is 2. The number of amides is 4. The van der Waals surface area contributed by atoms with E-state index in [1.54, 1.807) is 42.2 Å². The fourth-order valence-corrected chi connectivity index (χ4v) is 3.73. The van der Waals surface area contributed by atoms with Crippen LogP contribution in [0.2, 0.25) is 0 Å². The van der Waals surface area contributed by atoms with Gasteiger partial charge in [-0.25, -0.2) is 18.8 Å². The van der Waals surface area contributed by atoms with E-state index in [-0.39, 0.29) is 18.6 Å². The molecule has 35 heavy (non-hydrogen) atoms. The largest absolute Gasteiger partial charge is 0.462 e. The minimum atomic E-state index is -0.689. The van der Waals surface area contributed by atoms with Gasteiger partial charge in [0.25, 0.3) is 0 Å². The molecule has 0 saturated carbocycles. The Hall–Kier alpha value is -3.88. The number of allylic oxidation sites excluding steroid dienone is 1. The molecule has 0 radical (unpaired) electrons. The first kappa shape index (κ1) is 25.7. The van der Waals surface area contributed by atoms with Crippen LogP contribution < -0.4 is 16.0 Å². The van der Waals surface area contributed by atoms with Gasteiger partial charge in [0.1, 0.15) is 5.82 Å². The van der Waals surface area contributed by atoms with Crippen molar-refractivity contribution in [1.82, 2.24) is 10.2 Å². The highest BCUT2D eigenvalue weighted by molar-refractivity contribution is 6.00. The third-order valence-electron chi connectivity index (χ3n) is 5.40. The minimum Gasteiger partial charge on any atom is -0.462 e. The van der Waals surface area contributed by atoms with Crippen molar-refractivity contribution in [3.05, 3.63) is 71.2 Å². The van der Waals surface area contributed by atoms with E-state index in [2.05, 4.69) is 16.0 Å². The third-order valence-corrected chi connectivity index (χ3v) is 5.40. The lowest BCUT2D eigenvalue weighted by Gasteiger charge is -2.35. The lowest BCUT2D eigenvalue weighted by molar-refractivity contribution is -0.140. The molecular formula is C26H31FN4O4. The summed E-state index contributed by atoms with van der Waals surface area (Å²) in [4.78, 5) is 39.6. The van der Waals surface area contributed by atoms with Crippen LogP contribution >= 0.6 is 0 Å². The second-order valence-electron chi connectivity index (χ2n) is 8.74. The Labute approximate surface area is 204 Å². The van der Waals surface area contributed by atoms with Gasteiger partial charge in [-0.05, 0) is 55.2 Å². The fourth-order valence-electron chi connectivity index (χ4n) is 3.73. The number of nitrogens with zero attached hydrogens (tertiary/aromatic N) is 1. The Bertz CT molecular complexity index is 1110. The van der Waals surface area contributed by atoms with Gasteiger partial charge in [0.2, 0.25) is 0 Å². The maximum atomic E-state index is 13.3. The first-order valence-corrected chi connectivity index (χ1v) is 11.6. The van der Waals surface area contributed by atoms with Crippen LogP contribution in [-0.4, -0.2) is 36.1 Å². The standard InChI is InChI=1S/C26H31FN4O4/c1-5-13-31-17(4)22(24(32)35-15-16(2)3)23(30-26(31)34)18-9-11-20(12-10-18)28-25(33)29-21-8-6-7-19(27)14-21/h6-12,14,16,23H,5,13,15H2,1-4H3,(H,30,34)(H2,28,29,33). The Morgan fingerprint density at radius 2 is 1.80 bits per heavy atom. The summed E-state index contributed by atoms with van der Waals surface area (Å²) in [5.41, 5.74) is 2.42. The Morgan fingerprint density at radius 1 is 1.11 bits per heavy atom. The van der Waals surface area contributed by atoms with E-state index in [0.717, 1.165) is 6.42 Å². The van der Waals surface area contributed by atoms with E-state index in [9.17, 15) is 18.8 Å². The van der Waals surface area contributed by atoms with Crippen molar-refractivity contribution in [3.63, 3.8) is 0 Å². The second-order valence-corrected chi connectivity index (χ2v) is 8.74. The third kappa shape index (κ3) is 6.59. The number of benzene rings is 2. The Balaban J connectivity index is 1.80. The summed E-state index contributed by atoms with van der Waals surface area (Å²) in [7, 11) is 0. The van der Waals surface area contributed by atoms with E-state index >= 15 is 0 Å². The maximum Gasteiger partial charge on any atom is 0.338 e. The van der Waals surface area contributed by atoms with Gasteiger partial charge in [-0.1, -0.05) is 39.0 Å². The highest BCUT2D eigenvalue weighted by atomic mass is 19.1. The molecular weight excluding hydrogens is 451 g/mol. The monoisotopic (exact) mass is 482 g/mol. The Morgan fingerprint density at radius 3 is 2.43 bits per heavy atom. The van der Waals surface area contributed by atoms with Crippen LogP contribution in [0.4, 0.5) is 25.4 Å². The van der Waals surface area contributed by atoms with Crippen molar-refractivity contribution in [1.29, 1.82) is 0 Å². The molecule has 1 heterocycles. The zero-order valence-corrected chi connectivity index (χ0v) is 20.4. The van der Waals surface area contributed by atoms with Gasteiger partial charge < -0.3 is 20.7 Å². The predicted octanol–water partition coefficient (Wildman–Crippen LogP) is 5.42. The molecule has 0 bridgehead atoms. The van der Waals surface area contributed by atoms with Gasteiger partial charge in [-0.15, -0.1) is 0 Å². The van der Waals surface area contributed by atoms with Gasteiger partial charge in [0, 0.05) is 23.6 Å². The summed E-state index contributed by atoms with van der Waals surface area (Å²) in [6.07, 6.45) is 0.738. The molecule has 4 amide bonds. The van der Waals surface area contributed by atoms with E-state index in [4.69, 9.17) is 4.74 Å². The Kier molecular flexibility index (Phi) is 8.46. The molecule has 9 heteroatoms. The van der Waals surface area contributed by atoms with E-state index in [1.807, 2.05) is 20.8 Å². The van der Waals surface area contributed by atoms with Crippen LogP contribution in [0.1, 0.15) is 45.7 Å². The predicted molar refractivity (Wildman–Crippen MR) is 132 cm³/mol. The lowest BCUT2D eigenvalue weighted by Crippen LogP contribution is -2.48. The molecule has 3 N–H and O–H groups in total. The van der Waals surface area contributed by atoms with Gasteiger partial charge in [0.05, 0.1) is 18.2 Å². The minimum absolute atomic E-state index is 0.173. The summed E-state index contributed by atoms with van der Waals surface area (Å²) >= 11 is 0. The number of halogens is 1. The molecule has 3 rings (SSSR count). The number of nitrogens with one attached hydrogen (secondary N) is 3. The van der Waals surface area contributed by atoms with Crippen LogP contribution in [0.25, 0.3) is 0 Å². The molecule has 8 nitrogen and oxygen atoms in total. The summed E-state index contributed by atoms with van der Waals surface area (Å²) in [5, 5.41) is 8.15. The van der Waals surface area contributed by atoms with Gasteiger partial charge in [0.15, 0.2) is 0 Å². The molecule has 1 aliphatic heterocycles. The number of ether oxygens (including phenoxy) is 1. The van der Waals surface area contributed by atoms with Crippen molar-refractivity contribution < 1.29 is 23.5 Å². The zero-order chi connectivity index (χ0) is 25.5. The second kappa shape index (κ2) is 11.5. The van der Waals surface area contributed by atoms with Crippen molar-refractivity contribution in [2.45, 2.75) is 40.2 Å². The normalized spacial score (nSPS) is 15.7. The van der Waals surface area contributed by atoms with Gasteiger partial charge >= 0.3 is 18.0 Å². The maximum absolute atomic E-state index is 13.3. The average molecular weight is 483 g/mol. The molecule has 0 aromatic heterocycles. The molecule has 0 fully saturated rings. The molecule has 2 aromatic carbocycles. The number of rotatable bonds is 8. The van der Waals surface area contributed by atoms with Crippen molar-refractivity contribution in [2.24, 2.45) is 5.92 Å². The SMILES string of the molecule is CCCN1C(=O)NC(c2ccc(NC(=O)Nc3cccc(F)c3)cc2)C(C(=O)OCC(C)C)=C1C. The van der Waals surface area contributed by atoms with E-state index < -0.39 is 23.9 Å². The highest BCUT2D eigenvalue weighted by Gasteiger charge is 2.36. The summed E-state index contributed by atoms with van der Waals surface area (Å²) in [6.45, 7) is 8.37. The molecule has 186 valence electrons. The summed E-state index contributed by atoms with van der Waals surface area (Å²) < 4.78 is 18.8. The van der Waals surface area contributed by atoms with Crippen molar-refractivity contribution in [2.75, 3.05) is 23.8 Å². The van der Waals surface area contributed by atoms with Crippen LogP contribution in [0, 0.1) is 11.7 Å². The van der Waals surface area contributed by atoms with Crippen LogP contribution in [0.15, 0.2) is 59.8 Å². The summed E-state index contributed by atoms with van der Waals surface area (Å²) in [6, 6.07) is 10.8. The van der Waals surface area contributed by atoms with Crippen molar-refractivity contribution in [3.8, 4) is 0 Å². The highest BCUT2D eigenvalue weighted by Crippen LogP contribution is 2.32. The van der Waals surface area contributed by atoms with Crippen LogP contribution in [-0.2, 0) is 9.53 Å². The van der Waals surface area contributed by atoms with E-state index in [0.29, 0.717) is 34.8 Å². The fraction of sp³-hybridized carbons (Fsp3) is 0.346. The molecule has 0 aliphatic carbocycles. The number of hydrogen-bond donors (Lipinski definition) is 3. The van der Waals surface area contributed by atoms with Crippen molar-refractivity contribution >= 4 is 29.4 Å². The topological polar surface area (TPSA) is 99.8 Å². The smallest absolute Gasteiger partial charge is 0.338 e. The van der Waals surface area contributed by atoms with E-state index in [1.165, 1.54) is 18.2 Å². The number of esters is 1. The first-order valence-electron chi connectivity index (χ1n) is 11.6. The molecule has 1 unspecified atom stereocenters. The molecule has 0 spiro atoms.